The fourth-order valence-electron chi connectivity index (χ4n) is 3.81. The molecule has 0 aliphatic carbocycles. The first-order valence-electron chi connectivity index (χ1n) is 10.8. The van der Waals surface area contributed by atoms with Gasteiger partial charge in [0.15, 0.2) is 0 Å². The van der Waals surface area contributed by atoms with Gasteiger partial charge < -0.3 is 10.1 Å². The largest absolute Gasteiger partial charge is 0.379 e. The first-order valence-corrected chi connectivity index (χ1v) is 12.0. The highest BCUT2D eigenvalue weighted by molar-refractivity contribution is 8.26. The zero-order chi connectivity index (χ0) is 22.7. The van der Waals surface area contributed by atoms with Crippen LogP contribution < -0.4 is 10.9 Å². The van der Waals surface area contributed by atoms with Gasteiger partial charge in [0, 0.05) is 32.4 Å². The SMILES string of the molecule is CCN1C(=O)C(=Cc2c(NCCCN3CCOCC3)nc3c(C)cccn3c2=O)SC1=S. The normalized spacial score (nSPS) is 18.8. The number of rotatable bonds is 7. The number of carbonyl (C=O) groups excluding carboxylic acids is 1. The topological polar surface area (TPSA) is 79.2 Å². The molecule has 0 unspecified atom stereocenters. The number of ether oxygens (including phenoxy) is 1. The number of likely N-dealkylation sites (N-methyl/N-ethyl adjacent to an activating group) is 1. The summed E-state index contributed by atoms with van der Waals surface area (Å²) in [6.07, 6.45) is 4.24. The lowest BCUT2D eigenvalue weighted by atomic mass is 10.2. The zero-order valence-corrected chi connectivity index (χ0v) is 19.9. The van der Waals surface area contributed by atoms with Crippen molar-refractivity contribution in [3.8, 4) is 0 Å². The first-order chi connectivity index (χ1) is 15.5. The lowest BCUT2D eigenvalue weighted by Crippen LogP contribution is -2.37. The number of amides is 1. The molecule has 1 N–H and O–H groups in total. The molecule has 0 spiro atoms. The van der Waals surface area contributed by atoms with E-state index in [1.807, 2.05) is 26.0 Å². The average molecular weight is 474 g/mol. The average Bonchev–Trinajstić information content (AvgIpc) is 3.07. The molecule has 4 heterocycles. The number of aryl methyl sites for hydroxylation is 1. The lowest BCUT2D eigenvalue weighted by molar-refractivity contribution is -0.121. The Morgan fingerprint density at radius 1 is 1.31 bits per heavy atom. The molecule has 4 rings (SSSR count). The van der Waals surface area contributed by atoms with Crippen molar-refractivity contribution in [2.45, 2.75) is 20.3 Å². The number of morpholine rings is 1. The number of nitrogens with one attached hydrogen (secondary N) is 1. The van der Waals surface area contributed by atoms with Gasteiger partial charge in [-0.05, 0) is 44.5 Å². The molecule has 0 atom stereocenters. The molecule has 0 aromatic carbocycles. The second-order valence-corrected chi connectivity index (χ2v) is 9.40. The first kappa shape index (κ1) is 22.9. The molecule has 2 aromatic rings. The van der Waals surface area contributed by atoms with E-state index in [1.165, 1.54) is 21.1 Å². The minimum absolute atomic E-state index is 0.172. The van der Waals surface area contributed by atoms with E-state index < -0.39 is 0 Å². The molecule has 0 saturated carbocycles. The van der Waals surface area contributed by atoms with E-state index in [0.29, 0.717) is 39.3 Å². The third kappa shape index (κ3) is 4.73. The van der Waals surface area contributed by atoms with Crippen molar-refractivity contribution in [1.29, 1.82) is 0 Å². The molecule has 1 amide bonds. The van der Waals surface area contributed by atoms with Gasteiger partial charge in [0.05, 0.1) is 23.7 Å². The van der Waals surface area contributed by atoms with Gasteiger partial charge in [-0.2, -0.15) is 0 Å². The molecule has 8 nitrogen and oxygen atoms in total. The molecular weight excluding hydrogens is 446 g/mol. The summed E-state index contributed by atoms with van der Waals surface area (Å²) < 4.78 is 7.43. The van der Waals surface area contributed by atoms with Crippen LogP contribution in [0.15, 0.2) is 28.0 Å². The number of thioether (sulfide) groups is 1. The van der Waals surface area contributed by atoms with E-state index in [1.54, 1.807) is 12.3 Å². The van der Waals surface area contributed by atoms with Crippen molar-refractivity contribution < 1.29 is 9.53 Å². The Balaban J connectivity index is 1.63. The Labute approximate surface area is 196 Å². The van der Waals surface area contributed by atoms with E-state index >= 15 is 0 Å². The summed E-state index contributed by atoms with van der Waals surface area (Å²) >= 11 is 6.54. The summed E-state index contributed by atoms with van der Waals surface area (Å²) in [4.78, 5) is 35.2. The second-order valence-electron chi connectivity index (χ2n) is 7.72. The van der Waals surface area contributed by atoms with E-state index in [4.69, 9.17) is 21.9 Å². The smallest absolute Gasteiger partial charge is 0.267 e. The molecule has 32 heavy (non-hydrogen) atoms. The molecule has 170 valence electrons. The van der Waals surface area contributed by atoms with Gasteiger partial charge >= 0.3 is 0 Å². The van der Waals surface area contributed by atoms with E-state index in [9.17, 15) is 9.59 Å². The summed E-state index contributed by atoms with van der Waals surface area (Å²) in [5, 5.41) is 3.34. The van der Waals surface area contributed by atoms with E-state index in [0.717, 1.165) is 44.8 Å². The number of hydrogen-bond donors (Lipinski definition) is 1. The number of thiocarbonyl (C=S) groups is 1. The van der Waals surface area contributed by atoms with Crippen molar-refractivity contribution in [3.63, 3.8) is 0 Å². The van der Waals surface area contributed by atoms with Crippen molar-refractivity contribution in [2.75, 3.05) is 51.3 Å². The fourth-order valence-corrected chi connectivity index (χ4v) is 5.18. The third-order valence-electron chi connectivity index (χ3n) is 5.60. The van der Waals surface area contributed by atoms with E-state index in [-0.39, 0.29) is 11.5 Å². The highest BCUT2D eigenvalue weighted by atomic mass is 32.2. The number of fused-ring (bicyclic) bond motifs is 1. The van der Waals surface area contributed by atoms with E-state index in [2.05, 4.69) is 10.2 Å². The van der Waals surface area contributed by atoms with Crippen LogP contribution in [-0.2, 0) is 9.53 Å². The zero-order valence-electron chi connectivity index (χ0n) is 18.3. The second kappa shape index (κ2) is 10.1. The molecule has 0 bridgehead atoms. The van der Waals surface area contributed by atoms with Crippen LogP contribution >= 0.6 is 24.0 Å². The Hall–Kier alpha value is -2.27. The monoisotopic (exact) mass is 473 g/mol. The Bertz CT molecular complexity index is 1120. The highest BCUT2D eigenvalue weighted by Gasteiger charge is 2.31. The van der Waals surface area contributed by atoms with Crippen molar-refractivity contribution in [2.24, 2.45) is 0 Å². The molecule has 2 aliphatic rings. The van der Waals surface area contributed by atoms with Gasteiger partial charge in [0.25, 0.3) is 11.5 Å². The minimum Gasteiger partial charge on any atom is -0.379 e. The predicted molar refractivity (Wildman–Crippen MR) is 132 cm³/mol. The molecule has 0 radical (unpaired) electrons. The molecule has 2 aromatic heterocycles. The highest BCUT2D eigenvalue weighted by Crippen LogP contribution is 2.32. The van der Waals surface area contributed by atoms with Crippen LogP contribution in [0, 0.1) is 6.92 Å². The number of nitrogens with zero attached hydrogens (tertiary/aromatic N) is 4. The quantitative estimate of drug-likeness (QED) is 0.373. The lowest BCUT2D eigenvalue weighted by Gasteiger charge is -2.26. The van der Waals surface area contributed by atoms with Crippen molar-refractivity contribution in [3.05, 3.63) is 44.7 Å². The van der Waals surface area contributed by atoms with Crippen LogP contribution in [0.4, 0.5) is 5.82 Å². The summed E-state index contributed by atoms with van der Waals surface area (Å²) in [5.41, 5.74) is 1.67. The Kier molecular flexibility index (Phi) is 7.24. The number of anilines is 1. The number of aromatic nitrogens is 2. The summed E-state index contributed by atoms with van der Waals surface area (Å²) in [5.74, 6) is 0.322. The molecule has 2 fully saturated rings. The summed E-state index contributed by atoms with van der Waals surface area (Å²) in [6.45, 7) is 9.36. The molecular formula is C22H27N5O3S2. The molecule has 2 aliphatic heterocycles. The fraction of sp³-hybridized carbons (Fsp3) is 0.455. The maximum Gasteiger partial charge on any atom is 0.267 e. The number of carbonyl (C=O) groups is 1. The molecule has 10 heteroatoms. The van der Waals surface area contributed by atoms with Gasteiger partial charge in [0.1, 0.15) is 15.8 Å². The maximum atomic E-state index is 13.4. The van der Waals surface area contributed by atoms with Crippen LogP contribution in [0.3, 0.4) is 0 Å². The Morgan fingerprint density at radius 3 is 2.81 bits per heavy atom. The molecule has 2 saturated heterocycles. The van der Waals surface area contributed by atoms with Crippen molar-refractivity contribution in [1.82, 2.24) is 19.2 Å². The Morgan fingerprint density at radius 2 is 2.09 bits per heavy atom. The van der Waals surface area contributed by atoms with Crippen molar-refractivity contribution >= 4 is 51.7 Å². The number of pyridine rings is 1. The van der Waals surface area contributed by atoms with Crippen LogP contribution in [0.1, 0.15) is 24.5 Å². The third-order valence-corrected chi connectivity index (χ3v) is 6.97. The van der Waals surface area contributed by atoms with Gasteiger partial charge in [0.2, 0.25) is 0 Å². The van der Waals surface area contributed by atoms with Crippen LogP contribution in [0.25, 0.3) is 11.7 Å². The summed E-state index contributed by atoms with van der Waals surface area (Å²) in [6, 6.07) is 3.75. The van der Waals surface area contributed by atoms with Gasteiger partial charge in [-0.25, -0.2) is 4.98 Å². The van der Waals surface area contributed by atoms with Gasteiger partial charge in [-0.15, -0.1) is 0 Å². The van der Waals surface area contributed by atoms with Gasteiger partial charge in [-0.1, -0.05) is 30.0 Å². The predicted octanol–water partition coefficient (Wildman–Crippen LogP) is 2.36. The van der Waals surface area contributed by atoms with Crippen LogP contribution in [-0.4, -0.2) is 75.3 Å². The van der Waals surface area contributed by atoms with Crippen LogP contribution in [0.5, 0.6) is 0 Å². The minimum atomic E-state index is -0.212. The number of hydrogen-bond acceptors (Lipinski definition) is 8. The van der Waals surface area contributed by atoms with Crippen LogP contribution in [0.2, 0.25) is 0 Å². The standard InChI is InChI=1S/C22H27N5O3S2/c1-3-26-21(29)17(32-22(26)31)14-16-18(23-7-5-8-25-10-12-30-13-11-25)24-19-15(2)6-4-9-27(19)20(16)28/h4,6,9,14,23H,3,5,7-8,10-13H2,1-2H3. The summed E-state index contributed by atoms with van der Waals surface area (Å²) in [7, 11) is 0. The maximum absolute atomic E-state index is 13.4. The van der Waals surface area contributed by atoms with Gasteiger partial charge in [-0.3, -0.25) is 23.8 Å².